The molecule has 2 heterocycles. The normalized spacial score (nSPS) is 23.9. The standard InChI is InChI=1S/C12H20N4O/c1-4-9-5-12(15-8(2)14-9)16-10-6-13-7-11(10)17-3/h5,10-11,13H,4,6-7H2,1-3H3,(H,14,15,16)/t10?,11-/m0/s1. The molecular formula is C12H20N4O. The van der Waals surface area contributed by atoms with Crippen LogP contribution in [0.1, 0.15) is 18.4 Å². The molecule has 5 heteroatoms. The van der Waals surface area contributed by atoms with E-state index in [4.69, 9.17) is 4.74 Å². The van der Waals surface area contributed by atoms with E-state index in [2.05, 4.69) is 27.5 Å². The third kappa shape index (κ3) is 2.92. The van der Waals surface area contributed by atoms with E-state index in [1.165, 1.54) is 0 Å². The van der Waals surface area contributed by atoms with Gasteiger partial charge in [0.1, 0.15) is 11.6 Å². The average molecular weight is 236 g/mol. The molecule has 1 fully saturated rings. The van der Waals surface area contributed by atoms with Crippen molar-refractivity contribution >= 4 is 5.82 Å². The number of ether oxygens (including phenoxy) is 1. The summed E-state index contributed by atoms with van der Waals surface area (Å²) in [7, 11) is 1.75. The van der Waals surface area contributed by atoms with Gasteiger partial charge in [0.05, 0.1) is 12.1 Å². The molecule has 2 N–H and O–H groups in total. The lowest BCUT2D eigenvalue weighted by atomic mass is 10.2. The first-order valence-corrected chi connectivity index (χ1v) is 6.07. The summed E-state index contributed by atoms with van der Waals surface area (Å²) in [5.41, 5.74) is 1.07. The highest BCUT2D eigenvalue weighted by Crippen LogP contribution is 2.13. The first-order valence-electron chi connectivity index (χ1n) is 6.07. The van der Waals surface area contributed by atoms with Crippen LogP contribution >= 0.6 is 0 Å². The Hall–Kier alpha value is -1.20. The van der Waals surface area contributed by atoms with Crippen molar-refractivity contribution < 1.29 is 4.74 Å². The number of methoxy groups -OCH3 is 1. The van der Waals surface area contributed by atoms with E-state index in [0.717, 1.165) is 36.8 Å². The maximum atomic E-state index is 5.41. The van der Waals surface area contributed by atoms with E-state index in [1.807, 2.05) is 13.0 Å². The van der Waals surface area contributed by atoms with Gasteiger partial charge >= 0.3 is 0 Å². The zero-order valence-electron chi connectivity index (χ0n) is 10.7. The Morgan fingerprint density at radius 1 is 1.47 bits per heavy atom. The van der Waals surface area contributed by atoms with E-state index in [1.54, 1.807) is 7.11 Å². The van der Waals surface area contributed by atoms with Gasteiger partial charge in [-0.1, -0.05) is 6.92 Å². The zero-order valence-corrected chi connectivity index (χ0v) is 10.7. The van der Waals surface area contributed by atoms with Gasteiger partial charge in [-0.15, -0.1) is 0 Å². The van der Waals surface area contributed by atoms with Crippen molar-refractivity contribution in [3.63, 3.8) is 0 Å². The summed E-state index contributed by atoms with van der Waals surface area (Å²) >= 11 is 0. The molecule has 2 atom stereocenters. The number of nitrogens with zero attached hydrogens (tertiary/aromatic N) is 2. The number of nitrogens with one attached hydrogen (secondary N) is 2. The molecule has 17 heavy (non-hydrogen) atoms. The molecule has 1 unspecified atom stereocenters. The molecule has 1 aliphatic rings. The number of aromatic nitrogens is 2. The molecule has 0 aromatic carbocycles. The van der Waals surface area contributed by atoms with E-state index in [9.17, 15) is 0 Å². The van der Waals surface area contributed by atoms with E-state index in [-0.39, 0.29) is 12.1 Å². The summed E-state index contributed by atoms with van der Waals surface area (Å²) < 4.78 is 5.41. The fourth-order valence-corrected chi connectivity index (χ4v) is 2.12. The minimum Gasteiger partial charge on any atom is -0.378 e. The Kier molecular flexibility index (Phi) is 3.91. The average Bonchev–Trinajstić information content (AvgIpc) is 2.75. The topological polar surface area (TPSA) is 59.1 Å². The number of anilines is 1. The predicted molar refractivity (Wildman–Crippen MR) is 67.2 cm³/mol. The summed E-state index contributed by atoms with van der Waals surface area (Å²) in [6.07, 6.45) is 1.13. The van der Waals surface area contributed by atoms with E-state index >= 15 is 0 Å². The van der Waals surface area contributed by atoms with Gasteiger partial charge in [0.2, 0.25) is 0 Å². The minimum atomic E-state index is 0.204. The maximum absolute atomic E-state index is 5.41. The summed E-state index contributed by atoms with van der Waals surface area (Å²) in [4.78, 5) is 8.78. The second-order valence-corrected chi connectivity index (χ2v) is 4.33. The Morgan fingerprint density at radius 2 is 2.29 bits per heavy atom. The van der Waals surface area contributed by atoms with Gasteiger partial charge in [-0.05, 0) is 13.3 Å². The van der Waals surface area contributed by atoms with Crippen LogP contribution in [0.3, 0.4) is 0 Å². The summed E-state index contributed by atoms with van der Waals surface area (Å²) in [5, 5.41) is 6.72. The van der Waals surface area contributed by atoms with Crippen molar-refractivity contribution in [3.8, 4) is 0 Å². The lowest BCUT2D eigenvalue weighted by Gasteiger charge is -2.19. The van der Waals surface area contributed by atoms with Crippen LogP contribution in [0.5, 0.6) is 0 Å². The van der Waals surface area contributed by atoms with Gasteiger partial charge in [-0.2, -0.15) is 0 Å². The van der Waals surface area contributed by atoms with Crippen LogP contribution in [0.2, 0.25) is 0 Å². The van der Waals surface area contributed by atoms with Crippen LogP contribution in [0, 0.1) is 6.92 Å². The van der Waals surface area contributed by atoms with Gasteiger partial charge < -0.3 is 15.4 Å². The van der Waals surface area contributed by atoms with Gasteiger partial charge in [0, 0.05) is 32.0 Å². The molecule has 1 aromatic heterocycles. The number of rotatable bonds is 4. The molecule has 0 bridgehead atoms. The largest absolute Gasteiger partial charge is 0.378 e. The van der Waals surface area contributed by atoms with Crippen LogP contribution in [0.4, 0.5) is 5.82 Å². The Labute approximate surface area is 102 Å². The first-order chi connectivity index (χ1) is 8.22. The highest BCUT2D eigenvalue weighted by Gasteiger charge is 2.26. The molecule has 0 spiro atoms. The van der Waals surface area contributed by atoms with Crippen molar-refractivity contribution in [3.05, 3.63) is 17.6 Å². The van der Waals surface area contributed by atoms with Crippen molar-refractivity contribution in [2.45, 2.75) is 32.4 Å². The molecule has 0 aliphatic carbocycles. The van der Waals surface area contributed by atoms with Crippen LogP contribution in [-0.4, -0.2) is 42.3 Å². The molecular weight excluding hydrogens is 216 g/mol. The highest BCUT2D eigenvalue weighted by molar-refractivity contribution is 5.38. The quantitative estimate of drug-likeness (QED) is 0.807. The monoisotopic (exact) mass is 236 g/mol. The van der Waals surface area contributed by atoms with Crippen molar-refractivity contribution in [1.82, 2.24) is 15.3 Å². The number of hydrogen-bond acceptors (Lipinski definition) is 5. The van der Waals surface area contributed by atoms with Crippen molar-refractivity contribution in [1.29, 1.82) is 0 Å². The first kappa shape index (κ1) is 12.3. The van der Waals surface area contributed by atoms with E-state index < -0.39 is 0 Å². The number of hydrogen-bond donors (Lipinski definition) is 2. The third-order valence-corrected chi connectivity index (χ3v) is 3.05. The summed E-state index contributed by atoms with van der Waals surface area (Å²) in [6, 6.07) is 2.29. The minimum absolute atomic E-state index is 0.204. The second kappa shape index (κ2) is 5.42. The Morgan fingerprint density at radius 3 is 3.00 bits per heavy atom. The Bertz CT molecular complexity index is 383. The molecule has 2 rings (SSSR count). The molecule has 1 saturated heterocycles. The van der Waals surface area contributed by atoms with Crippen molar-refractivity contribution in [2.75, 3.05) is 25.5 Å². The molecule has 0 radical (unpaired) electrons. The summed E-state index contributed by atoms with van der Waals surface area (Å²) in [5.74, 6) is 1.71. The highest BCUT2D eigenvalue weighted by atomic mass is 16.5. The Balaban J connectivity index is 2.09. The molecule has 0 saturated carbocycles. The smallest absolute Gasteiger partial charge is 0.130 e. The summed E-state index contributed by atoms with van der Waals surface area (Å²) in [6.45, 7) is 5.81. The molecule has 5 nitrogen and oxygen atoms in total. The van der Waals surface area contributed by atoms with Crippen molar-refractivity contribution in [2.24, 2.45) is 0 Å². The lowest BCUT2D eigenvalue weighted by molar-refractivity contribution is 0.111. The lowest BCUT2D eigenvalue weighted by Crippen LogP contribution is -2.34. The van der Waals surface area contributed by atoms with Gasteiger partial charge in [-0.25, -0.2) is 9.97 Å². The van der Waals surface area contributed by atoms with Crippen LogP contribution < -0.4 is 10.6 Å². The fourth-order valence-electron chi connectivity index (χ4n) is 2.12. The zero-order chi connectivity index (χ0) is 12.3. The third-order valence-electron chi connectivity index (χ3n) is 3.05. The SMILES string of the molecule is CCc1cc(NC2CNC[C@@H]2OC)nc(C)n1. The molecule has 1 aromatic rings. The second-order valence-electron chi connectivity index (χ2n) is 4.33. The van der Waals surface area contributed by atoms with Gasteiger partial charge in [0.15, 0.2) is 0 Å². The van der Waals surface area contributed by atoms with Crippen LogP contribution in [0.25, 0.3) is 0 Å². The van der Waals surface area contributed by atoms with E-state index in [0.29, 0.717) is 0 Å². The fraction of sp³-hybridized carbons (Fsp3) is 0.667. The maximum Gasteiger partial charge on any atom is 0.130 e. The van der Waals surface area contributed by atoms with Crippen LogP contribution in [0.15, 0.2) is 6.07 Å². The molecule has 1 aliphatic heterocycles. The number of aryl methyl sites for hydroxylation is 2. The predicted octanol–water partition coefficient (Wildman–Crippen LogP) is 0.746. The molecule has 0 amide bonds. The van der Waals surface area contributed by atoms with Gasteiger partial charge in [-0.3, -0.25) is 0 Å². The molecule has 94 valence electrons. The van der Waals surface area contributed by atoms with Crippen LogP contribution in [-0.2, 0) is 11.2 Å². The van der Waals surface area contributed by atoms with Gasteiger partial charge in [0.25, 0.3) is 0 Å².